The Morgan fingerprint density at radius 2 is 1.96 bits per heavy atom. The zero-order valence-electron chi connectivity index (χ0n) is 15.0. The third-order valence-corrected chi connectivity index (χ3v) is 4.90. The summed E-state index contributed by atoms with van der Waals surface area (Å²) >= 11 is 0. The smallest absolute Gasteiger partial charge is 0.387 e. The van der Waals surface area contributed by atoms with Crippen LogP contribution >= 0.6 is 0 Å². The van der Waals surface area contributed by atoms with Gasteiger partial charge in [0.1, 0.15) is 17.0 Å². The molecule has 1 saturated heterocycles. The number of hydrogen-bond acceptors (Lipinski definition) is 6. The van der Waals surface area contributed by atoms with Gasteiger partial charge in [0.15, 0.2) is 5.65 Å². The van der Waals surface area contributed by atoms with E-state index in [-0.39, 0.29) is 29.5 Å². The molecule has 4 rings (SSSR count). The highest BCUT2D eigenvalue weighted by Gasteiger charge is 2.22. The number of pyridine rings is 2. The minimum atomic E-state index is -2.97. The number of rotatable bonds is 5. The fraction of sp³-hybridized carbons (Fsp3) is 0.368. The van der Waals surface area contributed by atoms with Gasteiger partial charge in [0.05, 0.1) is 6.54 Å². The van der Waals surface area contributed by atoms with Crippen LogP contribution < -0.4 is 15.6 Å². The van der Waals surface area contributed by atoms with E-state index in [0.29, 0.717) is 16.7 Å². The topological polar surface area (TPSA) is 81.9 Å². The second-order valence-corrected chi connectivity index (χ2v) is 6.61. The highest BCUT2D eigenvalue weighted by Crippen LogP contribution is 2.25. The summed E-state index contributed by atoms with van der Waals surface area (Å²) < 4.78 is 31.5. The summed E-state index contributed by atoms with van der Waals surface area (Å²) in [7, 11) is 0. The fourth-order valence-electron chi connectivity index (χ4n) is 3.58. The standard InChI is InChI=1S/C19H19F2N5O2/c20-19(21)28-16-2-1-5-23-15(16)11-26-17-14(24-8-9-25-17)10-13(18(26)27)12-3-6-22-7-4-12/h1-2,5,8-10,12,19,22H,3-4,6-7,11H2. The van der Waals surface area contributed by atoms with Crippen LogP contribution in [0, 0.1) is 0 Å². The van der Waals surface area contributed by atoms with E-state index in [2.05, 4.69) is 25.0 Å². The summed E-state index contributed by atoms with van der Waals surface area (Å²) in [4.78, 5) is 26.0. The lowest BCUT2D eigenvalue weighted by Crippen LogP contribution is -2.32. The minimum Gasteiger partial charge on any atom is -0.433 e. The van der Waals surface area contributed by atoms with Crippen molar-refractivity contribution in [3.8, 4) is 5.75 Å². The summed E-state index contributed by atoms with van der Waals surface area (Å²) in [5.74, 6) is 0.0561. The van der Waals surface area contributed by atoms with Crippen LogP contribution in [0.25, 0.3) is 11.2 Å². The van der Waals surface area contributed by atoms with E-state index in [1.165, 1.54) is 29.1 Å². The Bertz CT molecular complexity index is 1030. The number of piperidine rings is 1. The molecule has 0 atom stereocenters. The van der Waals surface area contributed by atoms with Gasteiger partial charge in [-0.05, 0) is 50.0 Å². The molecule has 0 aliphatic carbocycles. The molecule has 4 heterocycles. The number of alkyl halides is 2. The fourth-order valence-corrected chi connectivity index (χ4v) is 3.58. The molecule has 1 N–H and O–H groups in total. The van der Waals surface area contributed by atoms with Crippen molar-refractivity contribution in [3.05, 3.63) is 58.4 Å². The highest BCUT2D eigenvalue weighted by molar-refractivity contribution is 5.70. The van der Waals surface area contributed by atoms with Crippen LogP contribution in [0.1, 0.15) is 30.0 Å². The van der Waals surface area contributed by atoms with Gasteiger partial charge < -0.3 is 10.1 Å². The lowest BCUT2D eigenvalue weighted by Gasteiger charge is -2.23. The third-order valence-electron chi connectivity index (χ3n) is 4.90. The zero-order valence-corrected chi connectivity index (χ0v) is 15.0. The van der Waals surface area contributed by atoms with Crippen molar-refractivity contribution in [1.29, 1.82) is 0 Å². The number of nitrogens with one attached hydrogen (secondary N) is 1. The number of aromatic nitrogens is 4. The Morgan fingerprint density at radius 3 is 2.75 bits per heavy atom. The number of ether oxygens (including phenoxy) is 1. The van der Waals surface area contributed by atoms with E-state index in [4.69, 9.17) is 0 Å². The molecule has 0 spiro atoms. The molecule has 7 nitrogen and oxygen atoms in total. The van der Waals surface area contributed by atoms with E-state index in [1.807, 2.05) is 0 Å². The number of halogens is 2. The van der Waals surface area contributed by atoms with Crippen LogP contribution in [0.4, 0.5) is 8.78 Å². The second kappa shape index (κ2) is 7.97. The summed E-state index contributed by atoms with van der Waals surface area (Å²) in [6.07, 6.45) is 6.24. The number of fused-ring (bicyclic) bond motifs is 1. The molecular weight excluding hydrogens is 368 g/mol. The average Bonchev–Trinajstić information content (AvgIpc) is 2.71. The Kier molecular flexibility index (Phi) is 5.25. The van der Waals surface area contributed by atoms with Crippen LogP contribution in [0.2, 0.25) is 0 Å². The Labute approximate surface area is 159 Å². The quantitative estimate of drug-likeness (QED) is 0.724. The molecule has 146 valence electrons. The SMILES string of the molecule is O=c1c(C2CCNCC2)cc2nccnc2n1Cc1ncccc1OC(F)F. The molecule has 0 radical (unpaired) electrons. The molecule has 0 aromatic carbocycles. The van der Waals surface area contributed by atoms with Crippen molar-refractivity contribution in [3.63, 3.8) is 0 Å². The van der Waals surface area contributed by atoms with Crippen molar-refractivity contribution >= 4 is 11.2 Å². The Balaban J connectivity index is 1.82. The van der Waals surface area contributed by atoms with Crippen LogP contribution in [0.15, 0.2) is 41.6 Å². The normalized spacial score (nSPS) is 15.2. The van der Waals surface area contributed by atoms with Crippen molar-refractivity contribution in [1.82, 2.24) is 24.8 Å². The maximum atomic E-state index is 13.3. The predicted molar refractivity (Wildman–Crippen MR) is 98.6 cm³/mol. The molecule has 3 aromatic rings. The molecule has 0 unspecified atom stereocenters. The molecular formula is C19H19F2N5O2. The van der Waals surface area contributed by atoms with Gasteiger partial charge in [-0.3, -0.25) is 19.3 Å². The molecule has 28 heavy (non-hydrogen) atoms. The molecule has 1 aliphatic heterocycles. The zero-order chi connectivity index (χ0) is 19.5. The largest absolute Gasteiger partial charge is 0.433 e. The van der Waals surface area contributed by atoms with Crippen LogP contribution in [-0.2, 0) is 6.54 Å². The summed E-state index contributed by atoms with van der Waals surface area (Å²) in [5.41, 5.74) is 1.68. The average molecular weight is 387 g/mol. The molecule has 0 saturated carbocycles. The van der Waals surface area contributed by atoms with E-state index in [0.717, 1.165) is 25.9 Å². The van der Waals surface area contributed by atoms with E-state index in [9.17, 15) is 13.6 Å². The van der Waals surface area contributed by atoms with Gasteiger partial charge in [-0.1, -0.05) is 0 Å². The summed E-state index contributed by atoms with van der Waals surface area (Å²) in [5, 5.41) is 3.29. The van der Waals surface area contributed by atoms with Crippen molar-refractivity contribution < 1.29 is 13.5 Å². The summed E-state index contributed by atoms with van der Waals surface area (Å²) in [6, 6.07) is 4.71. The van der Waals surface area contributed by atoms with Crippen molar-refractivity contribution in [2.24, 2.45) is 0 Å². The molecule has 0 bridgehead atoms. The van der Waals surface area contributed by atoms with Crippen LogP contribution in [-0.4, -0.2) is 39.2 Å². The number of hydrogen-bond donors (Lipinski definition) is 1. The molecule has 9 heteroatoms. The Morgan fingerprint density at radius 1 is 1.18 bits per heavy atom. The van der Waals surface area contributed by atoms with E-state index >= 15 is 0 Å². The van der Waals surface area contributed by atoms with Gasteiger partial charge in [-0.25, -0.2) is 4.98 Å². The van der Waals surface area contributed by atoms with Crippen molar-refractivity contribution in [2.45, 2.75) is 31.9 Å². The van der Waals surface area contributed by atoms with Crippen LogP contribution in [0.3, 0.4) is 0 Å². The van der Waals surface area contributed by atoms with Gasteiger partial charge >= 0.3 is 6.61 Å². The first kappa shape index (κ1) is 18.4. The lowest BCUT2D eigenvalue weighted by molar-refractivity contribution is -0.0507. The van der Waals surface area contributed by atoms with Gasteiger partial charge in [0.25, 0.3) is 5.56 Å². The molecule has 1 fully saturated rings. The van der Waals surface area contributed by atoms with E-state index < -0.39 is 6.61 Å². The maximum absolute atomic E-state index is 13.3. The molecule has 0 amide bonds. The van der Waals surface area contributed by atoms with Gasteiger partial charge in [0, 0.05) is 24.2 Å². The maximum Gasteiger partial charge on any atom is 0.387 e. The monoisotopic (exact) mass is 387 g/mol. The highest BCUT2D eigenvalue weighted by atomic mass is 19.3. The van der Waals surface area contributed by atoms with Gasteiger partial charge in [-0.15, -0.1) is 0 Å². The Hall–Kier alpha value is -2.94. The molecule has 3 aromatic heterocycles. The number of nitrogens with zero attached hydrogens (tertiary/aromatic N) is 4. The second-order valence-electron chi connectivity index (χ2n) is 6.61. The third kappa shape index (κ3) is 3.70. The lowest BCUT2D eigenvalue weighted by atomic mass is 9.91. The first-order chi connectivity index (χ1) is 13.6. The van der Waals surface area contributed by atoms with Gasteiger partial charge in [-0.2, -0.15) is 8.78 Å². The van der Waals surface area contributed by atoms with Crippen LogP contribution in [0.5, 0.6) is 5.75 Å². The molecule has 1 aliphatic rings. The van der Waals surface area contributed by atoms with E-state index in [1.54, 1.807) is 12.3 Å². The van der Waals surface area contributed by atoms with Crippen molar-refractivity contribution in [2.75, 3.05) is 13.1 Å². The summed E-state index contributed by atoms with van der Waals surface area (Å²) in [6.45, 7) is -1.32. The first-order valence-corrected chi connectivity index (χ1v) is 9.07. The minimum absolute atomic E-state index is 0.0320. The van der Waals surface area contributed by atoms with Gasteiger partial charge in [0.2, 0.25) is 0 Å². The first-order valence-electron chi connectivity index (χ1n) is 9.07. The predicted octanol–water partition coefficient (Wildman–Crippen LogP) is 2.30.